The van der Waals surface area contributed by atoms with Crippen LogP contribution >= 0.6 is 0 Å². The molecule has 1 aliphatic rings. The largest absolute Gasteiger partial charge is 0.493 e. The van der Waals surface area contributed by atoms with E-state index in [2.05, 4.69) is 12.2 Å². The summed E-state index contributed by atoms with van der Waals surface area (Å²) >= 11 is 0. The fraction of sp³-hybridized carbons (Fsp3) is 0.400. The van der Waals surface area contributed by atoms with E-state index in [1.807, 2.05) is 18.2 Å². The molecular weight excluding hydrogens is 334 g/mol. The molecule has 140 valence electrons. The Hall–Kier alpha value is -2.60. The lowest BCUT2D eigenvalue weighted by molar-refractivity contribution is 0.324. The van der Waals surface area contributed by atoms with Crippen LogP contribution in [0.2, 0.25) is 0 Å². The molecule has 0 spiro atoms. The Morgan fingerprint density at radius 3 is 1.96 bits per heavy atom. The first kappa shape index (κ1) is 18.2. The maximum Gasteiger partial charge on any atom is 0.203 e. The van der Waals surface area contributed by atoms with Gasteiger partial charge in [-0.15, -0.1) is 0 Å². The predicted octanol–water partition coefficient (Wildman–Crippen LogP) is 3.56. The van der Waals surface area contributed by atoms with Crippen LogP contribution in [0.5, 0.6) is 28.7 Å². The van der Waals surface area contributed by atoms with Crippen molar-refractivity contribution in [1.29, 1.82) is 0 Å². The van der Waals surface area contributed by atoms with Crippen LogP contribution < -0.4 is 29.0 Å². The Bertz CT molecular complexity index is 819. The third kappa shape index (κ3) is 2.80. The van der Waals surface area contributed by atoms with Crippen molar-refractivity contribution in [3.05, 3.63) is 29.3 Å². The van der Waals surface area contributed by atoms with E-state index in [0.29, 0.717) is 35.3 Å². The van der Waals surface area contributed by atoms with Crippen LogP contribution in [0.15, 0.2) is 18.2 Å². The van der Waals surface area contributed by atoms with Crippen molar-refractivity contribution in [1.82, 2.24) is 5.32 Å². The highest BCUT2D eigenvalue weighted by Gasteiger charge is 2.28. The van der Waals surface area contributed by atoms with Gasteiger partial charge in [0.1, 0.15) is 0 Å². The van der Waals surface area contributed by atoms with Gasteiger partial charge in [0.25, 0.3) is 0 Å². The normalized spacial score (nSPS) is 15.4. The number of methoxy groups -OCH3 is 5. The Morgan fingerprint density at radius 2 is 1.38 bits per heavy atom. The average Bonchev–Trinajstić information content (AvgIpc) is 2.81. The van der Waals surface area contributed by atoms with E-state index in [-0.39, 0.29) is 6.04 Å². The van der Waals surface area contributed by atoms with Crippen LogP contribution in [-0.2, 0) is 6.54 Å². The van der Waals surface area contributed by atoms with Crippen molar-refractivity contribution < 1.29 is 23.7 Å². The van der Waals surface area contributed by atoms with Crippen LogP contribution in [0.3, 0.4) is 0 Å². The summed E-state index contributed by atoms with van der Waals surface area (Å²) < 4.78 is 27.9. The van der Waals surface area contributed by atoms with Crippen molar-refractivity contribution in [2.45, 2.75) is 19.5 Å². The second-order valence-electron chi connectivity index (χ2n) is 6.08. The zero-order chi connectivity index (χ0) is 18.8. The SMILES string of the molecule is COc1cc2c(cc1OC)C(C)NCc1cc(OC)c(OC)c(OC)c1-2. The van der Waals surface area contributed by atoms with E-state index < -0.39 is 0 Å². The first-order valence-corrected chi connectivity index (χ1v) is 8.41. The lowest BCUT2D eigenvalue weighted by Crippen LogP contribution is -2.16. The molecule has 1 aliphatic heterocycles. The topological polar surface area (TPSA) is 58.2 Å². The number of rotatable bonds is 5. The van der Waals surface area contributed by atoms with E-state index in [1.165, 1.54) is 0 Å². The molecule has 6 nitrogen and oxygen atoms in total. The molecule has 0 fully saturated rings. The molecule has 0 radical (unpaired) electrons. The first-order chi connectivity index (χ1) is 12.6. The second kappa shape index (κ2) is 7.33. The highest BCUT2D eigenvalue weighted by molar-refractivity contribution is 5.84. The smallest absolute Gasteiger partial charge is 0.203 e. The number of hydrogen-bond donors (Lipinski definition) is 1. The van der Waals surface area contributed by atoms with Gasteiger partial charge in [0.2, 0.25) is 5.75 Å². The van der Waals surface area contributed by atoms with Crippen LogP contribution in [0.1, 0.15) is 24.1 Å². The molecule has 1 atom stereocenters. The average molecular weight is 359 g/mol. The van der Waals surface area contributed by atoms with Crippen LogP contribution in [0.4, 0.5) is 0 Å². The molecule has 0 amide bonds. The quantitative estimate of drug-likeness (QED) is 0.881. The van der Waals surface area contributed by atoms with Gasteiger partial charge >= 0.3 is 0 Å². The Kier molecular flexibility index (Phi) is 5.13. The highest BCUT2D eigenvalue weighted by atomic mass is 16.5. The summed E-state index contributed by atoms with van der Waals surface area (Å²) in [4.78, 5) is 0. The number of ether oxygens (including phenoxy) is 5. The number of fused-ring (bicyclic) bond motifs is 3. The fourth-order valence-electron chi connectivity index (χ4n) is 3.48. The minimum absolute atomic E-state index is 0.124. The third-order valence-electron chi connectivity index (χ3n) is 4.80. The summed E-state index contributed by atoms with van der Waals surface area (Å²) in [7, 11) is 8.15. The third-order valence-corrected chi connectivity index (χ3v) is 4.80. The standard InChI is InChI=1S/C20H25NO5/c1-11-13-8-15(22-2)16(23-3)9-14(13)18-12(10-21-11)7-17(24-4)19(25-5)20(18)26-6/h7-9,11,21H,10H2,1-6H3. The maximum absolute atomic E-state index is 5.75. The zero-order valence-corrected chi connectivity index (χ0v) is 16.1. The Balaban J connectivity index is 2.39. The Morgan fingerprint density at radius 1 is 0.769 bits per heavy atom. The summed E-state index contributed by atoms with van der Waals surface area (Å²) in [5.74, 6) is 3.22. The number of hydrogen-bond acceptors (Lipinski definition) is 6. The van der Waals surface area contributed by atoms with Gasteiger partial charge in [0, 0.05) is 18.2 Å². The molecule has 0 aromatic heterocycles. The van der Waals surface area contributed by atoms with E-state index in [4.69, 9.17) is 23.7 Å². The predicted molar refractivity (Wildman–Crippen MR) is 99.9 cm³/mol. The first-order valence-electron chi connectivity index (χ1n) is 8.41. The maximum atomic E-state index is 5.75. The van der Waals surface area contributed by atoms with Gasteiger partial charge in [0.15, 0.2) is 23.0 Å². The summed E-state index contributed by atoms with van der Waals surface area (Å²) in [6.45, 7) is 2.80. The molecule has 1 heterocycles. The van der Waals surface area contributed by atoms with Crippen LogP contribution in [0, 0.1) is 0 Å². The molecular formula is C20H25NO5. The minimum atomic E-state index is 0.124. The van der Waals surface area contributed by atoms with Gasteiger partial charge in [-0.25, -0.2) is 0 Å². The van der Waals surface area contributed by atoms with Crippen molar-refractivity contribution in [3.63, 3.8) is 0 Å². The van der Waals surface area contributed by atoms with Crippen molar-refractivity contribution in [2.75, 3.05) is 35.5 Å². The summed E-state index contributed by atoms with van der Waals surface area (Å²) in [6.07, 6.45) is 0. The van der Waals surface area contributed by atoms with Gasteiger partial charge < -0.3 is 29.0 Å². The molecule has 1 N–H and O–H groups in total. The van der Waals surface area contributed by atoms with Gasteiger partial charge in [-0.05, 0) is 41.8 Å². The number of nitrogens with one attached hydrogen (secondary N) is 1. The summed E-state index contributed by atoms with van der Waals surface area (Å²) in [6, 6.07) is 6.11. The molecule has 6 heteroatoms. The fourth-order valence-corrected chi connectivity index (χ4v) is 3.48. The molecule has 26 heavy (non-hydrogen) atoms. The molecule has 0 aliphatic carbocycles. The van der Waals surface area contributed by atoms with E-state index in [9.17, 15) is 0 Å². The minimum Gasteiger partial charge on any atom is -0.493 e. The zero-order valence-electron chi connectivity index (χ0n) is 16.1. The lowest BCUT2D eigenvalue weighted by Gasteiger charge is -2.21. The van der Waals surface area contributed by atoms with Gasteiger partial charge in [-0.2, -0.15) is 0 Å². The van der Waals surface area contributed by atoms with Crippen LogP contribution in [0.25, 0.3) is 11.1 Å². The second-order valence-corrected chi connectivity index (χ2v) is 6.08. The molecule has 2 aromatic carbocycles. The van der Waals surface area contributed by atoms with Crippen molar-refractivity contribution in [3.8, 4) is 39.9 Å². The molecule has 0 saturated carbocycles. The molecule has 1 unspecified atom stereocenters. The van der Waals surface area contributed by atoms with Gasteiger partial charge in [-0.3, -0.25) is 0 Å². The summed E-state index contributed by atoms with van der Waals surface area (Å²) in [5, 5.41) is 3.54. The lowest BCUT2D eigenvalue weighted by atomic mass is 9.92. The molecule has 0 saturated heterocycles. The molecule has 3 rings (SSSR count). The monoisotopic (exact) mass is 359 g/mol. The van der Waals surface area contributed by atoms with Gasteiger partial charge in [0.05, 0.1) is 35.5 Å². The highest BCUT2D eigenvalue weighted by Crippen LogP contribution is 2.51. The molecule has 2 aromatic rings. The number of benzene rings is 2. The molecule has 0 bridgehead atoms. The van der Waals surface area contributed by atoms with E-state index in [0.717, 1.165) is 22.3 Å². The van der Waals surface area contributed by atoms with Crippen molar-refractivity contribution >= 4 is 0 Å². The Labute approximate surface area is 154 Å². The van der Waals surface area contributed by atoms with Crippen molar-refractivity contribution in [2.24, 2.45) is 0 Å². The summed E-state index contributed by atoms with van der Waals surface area (Å²) in [5.41, 5.74) is 4.16. The van der Waals surface area contributed by atoms with Crippen LogP contribution in [-0.4, -0.2) is 35.5 Å². The van der Waals surface area contributed by atoms with E-state index >= 15 is 0 Å². The van der Waals surface area contributed by atoms with Gasteiger partial charge in [-0.1, -0.05) is 0 Å². The van der Waals surface area contributed by atoms with E-state index in [1.54, 1.807) is 35.5 Å².